The average Bonchev–Trinajstić information content (AvgIpc) is 3.22. The van der Waals surface area contributed by atoms with Gasteiger partial charge in [-0.3, -0.25) is 9.59 Å². The molecule has 0 atom stereocenters. The number of ether oxygens (including phenoxy) is 1. The van der Waals surface area contributed by atoms with Crippen LogP contribution in [0.5, 0.6) is 5.75 Å². The smallest absolute Gasteiger partial charge is 0.276 e. The monoisotopic (exact) mass is 440 g/mol. The summed E-state index contributed by atoms with van der Waals surface area (Å²) >= 11 is 5.82. The van der Waals surface area contributed by atoms with E-state index in [2.05, 4.69) is 10.4 Å². The largest absolute Gasteiger partial charge is 0.497 e. The van der Waals surface area contributed by atoms with Crippen molar-refractivity contribution >= 4 is 23.0 Å². The van der Waals surface area contributed by atoms with Gasteiger partial charge in [0.2, 0.25) is 0 Å². The molecule has 1 N–H and O–H groups in total. The fourth-order valence-electron chi connectivity index (χ4n) is 3.18. The summed E-state index contributed by atoms with van der Waals surface area (Å²) in [5.74, 6) is -0.567. The summed E-state index contributed by atoms with van der Waals surface area (Å²) in [7, 11) is 1.58. The molecule has 7 nitrogen and oxygen atoms in total. The third kappa shape index (κ3) is 4.29. The molecule has 0 saturated carbocycles. The predicted molar refractivity (Wildman–Crippen MR) is 115 cm³/mol. The quantitative estimate of drug-likeness (QED) is 0.498. The average molecular weight is 441 g/mol. The van der Waals surface area contributed by atoms with Gasteiger partial charge in [0.05, 0.1) is 18.4 Å². The van der Waals surface area contributed by atoms with Crippen LogP contribution in [-0.4, -0.2) is 33.7 Å². The van der Waals surface area contributed by atoms with Crippen LogP contribution in [0.15, 0.2) is 65.7 Å². The molecule has 0 unspecified atom stereocenters. The van der Waals surface area contributed by atoms with Gasteiger partial charge in [-0.05, 0) is 36.4 Å². The van der Waals surface area contributed by atoms with Crippen molar-refractivity contribution in [2.24, 2.45) is 0 Å². The van der Waals surface area contributed by atoms with Crippen LogP contribution in [0, 0.1) is 5.82 Å². The Bertz CT molecular complexity index is 1330. The lowest BCUT2D eigenvalue weighted by Crippen LogP contribution is -2.31. The molecular formula is C22H18ClFN4O3. The Morgan fingerprint density at radius 2 is 2.03 bits per heavy atom. The summed E-state index contributed by atoms with van der Waals surface area (Å²) < 4.78 is 22.0. The van der Waals surface area contributed by atoms with Gasteiger partial charge in [-0.2, -0.15) is 5.10 Å². The lowest BCUT2D eigenvalue weighted by Gasteiger charge is -2.08. The summed E-state index contributed by atoms with van der Waals surface area (Å²) in [6.45, 7) is 0.348. The number of amides is 1. The van der Waals surface area contributed by atoms with Crippen LogP contribution < -0.4 is 15.6 Å². The van der Waals surface area contributed by atoms with Gasteiger partial charge in [-0.15, -0.1) is 0 Å². The van der Waals surface area contributed by atoms with E-state index in [-0.39, 0.29) is 29.2 Å². The molecule has 0 radical (unpaired) electrons. The number of hydrogen-bond acceptors (Lipinski definition) is 4. The van der Waals surface area contributed by atoms with Crippen LogP contribution in [0.1, 0.15) is 10.4 Å². The molecule has 158 valence electrons. The zero-order valence-corrected chi connectivity index (χ0v) is 17.3. The van der Waals surface area contributed by atoms with Crippen LogP contribution in [0.4, 0.5) is 4.39 Å². The van der Waals surface area contributed by atoms with Gasteiger partial charge in [-0.1, -0.05) is 23.7 Å². The molecule has 2 heterocycles. The van der Waals surface area contributed by atoms with E-state index in [9.17, 15) is 14.0 Å². The van der Waals surface area contributed by atoms with Crippen LogP contribution in [0.2, 0.25) is 5.02 Å². The fraction of sp³-hybridized carbons (Fsp3) is 0.136. The minimum atomic E-state index is -0.662. The zero-order chi connectivity index (χ0) is 22.0. The second kappa shape index (κ2) is 8.61. The van der Waals surface area contributed by atoms with Crippen LogP contribution in [0.3, 0.4) is 0 Å². The Labute approximate surface area is 181 Å². The fourth-order valence-corrected chi connectivity index (χ4v) is 3.35. The molecule has 2 aromatic carbocycles. The van der Waals surface area contributed by atoms with Gasteiger partial charge >= 0.3 is 0 Å². The molecule has 2 aromatic heterocycles. The van der Waals surface area contributed by atoms with Crippen LogP contribution in [0.25, 0.3) is 16.8 Å². The molecule has 9 heteroatoms. The Hall–Kier alpha value is -3.65. The number of rotatable bonds is 6. The number of nitrogens with one attached hydrogen (secondary N) is 1. The van der Waals surface area contributed by atoms with E-state index in [4.69, 9.17) is 16.3 Å². The van der Waals surface area contributed by atoms with Gasteiger partial charge in [0.25, 0.3) is 11.5 Å². The molecular weight excluding hydrogens is 423 g/mol. The number of aromatic nitrogens is 3. The minimum absolute atomic E-state index is 0.137. The van der Waals surface area contributed by atoms with Crippen molar-refractivity contribution in [1.29, 1.82) is 0 Å². The summed E-state index contributed by atoms with van der Waals surface area (Å²) in [5.41, 5.74) is 1.46. The lowest BCUT2D eigenvalue weighted by molar-refractivity contribution is 0.0948. The van der Waals surface area contributed by atoms with Gasteiger partial charge in [0.1, 0.15) is 17.1 Å². The van der Waals surface area contributed by atoms with Gasteiger partial charge in [0.15, 0.2) is 0 Å². The molecule has 0 bridgehead atoms. The van der Waals surface area contributed by atoms with Crippen LogP contribution in [-0.2, 0) is 6.54 Å². The predicted octanol–water partition coefficient (Wildman–Crippen LogP) is 3.39. The molecule has 0 spiro atoms. The number of carbonyl (C=O) groups excluding carboxylic acids is 1. The molecule has 1 amide bonds. The number of methoxy groups -OCH3 is 1. The topological polar surface area (TPSA) is 77.6 Å². The summed E-state index contributed by atoms with van der Waals surface area (Å²) in [4.78, 5) is 25.0. The lowest BCUT2D eigenvalue weighted by atomic mass is 10.1. The molecule has 4 aromatic rings. The Morgan fingerprint density at radius 3 is 2.84 bits per heavy atom. The van der Waals surface area contributed by atoms with Crippen molar-refractivity contribution in [2.45, 2.75) is 6.54 Å². The second-order valence-corrected chi connectivity index (χ2v) is 7.20. The van der Waals surface area contributed by atoms with Crippen molar-refractivity contribution in [3.8, 4) is 17.0 Å². The van der Waals surface area contributed by atoms with Gasteiger partial charge in [-0.25, -0.2) is 8.91 Å². The molecule has 0 aliphatic heterocycles. The first-order chi connectivity index (χ1) is 15.0. The molecule has 0 fully saturated rings. The maximum atomic E-state index is 13.8. The summed E-state index contributed by atoms with van der Waals surface area (Å²) in [6, 6.07) is 12.9. The number of carbonyl (C=O) groups is 1. The van der Waals surface area contributed by atoms with Crippen molar-refractivity contribution in [1.82, 2.24) is 19.5 Å². The maximum absolute atomic E-state index is 13.8. The number of fused-ring (bicyclic) bond motifs is 1. The zero-order valence-electron chi connectivity index (χ0n) is 16.5. The van der Waals surface area contributed by atoms with E-state index in [0.29, 0.717) is 17.0 Å². The summed E-state index contributed by atoms with van der Waals surface area (Å²) in [5, 5.41) is 7.32. The number of halogens is 2. The first-order valence-electron chi connectivity index (χ1n) is 9.43. The molecule has 4 rings (SSSR count). The molecule has 31 heavy (non-hydrogen) atoms. The van der Waals surface area contributed by atoms with Crippen molar-refractivity contribution in [2.75, 3.05) is 13.7 Å². The number of benzene rings is 2. The SMILES string of the molecule is COc1cccc(-c2cc3c(=O)n(CCNC(=O)c4cc(Cl)ccc4F)ccn3n2)c1. The molecule has 0 saturated heterocycles. The highest BCUT2D eigenvalue weighted by Crippen LogP contribution is 2.23. The van der Waals surface area contributed by atoms with E-state index < -0.39 is 11.7 Å². The van der Waals surface area contributed by atoms with Gasteiger partial charge in [0, 0.05) is 36.1 Å². The first kappa shape index (κ1) is 20.6. The third-order valence-electron chi connectivity index (χ3n) is 4.78. The maximum Gasteiger partial charge on any atom is 0.276 e. The van der Waals surface area contributed by atoms with E-state index in [0.717, 1.165) is 11.6 Å². The van der Waals surface area contributed by atoms with Crippen molar-refractivity contribution in [3.05, 3.63) is 87.7 Å². The van der Waals surface area contributed by atoms with E-state index in [1.54, 1.807) is 25.6 Å². The minimum Gasteiger partial charge on any atom is -0.497 e. The summed E-state index contributed by atoms with van der Waals surface area (Å²) in [6.07, 6.45) is 3.25. The molecule has 0 aliphatic carbocycles. The highest BCUT2D eigenvalue weighted by Gasteiger charge is 2.13. The second-order valence-electron chi connectivity index (χ2n) is 6.77. The van der Waals surface area contributed by atoms with E-state index in [1.807, 2.05) is 24.3 Å². The van der Waals surface area contributed by atoms with Crippen molar-refractivity contribution < 1.29 is 13.9 Å². The third-order valence-corrected chi connectivity index (χ3v) is 5.02. The van der Waals surface area contributed by atoms with E-state index >= 15 is 0 Å². The first-order valence-corrected chi connectivity index (χ1v) is 9.80. The standard InChI is InChI=1S/C22H18ClFN4O3/c1-31-16-4-2-3-14(11-16)19-13-20-22(30)27(9-10-28(20)26-19)8-7-25-21(29)17-12-15(23)5-6-18(17)24/h2-6,9-13H,7-8H2,1H3,(H,25,29). The normalized spacial score (nSPS) is 10.9. The highest BCUT2D eigenvalue weighted by molar-refractivity contribution is 6.31. The van der Waals surface area contributed by atoms with Gasteiger partial charge < -0.3 is 14.6 Å². The Balaban J connectivity index is 1.51. The van der Waals surface area contributed by atoms with Crippen LogP contribution >= 0.6 is 11.6 Å². The number of hydrogen-bond donors (Lipinski definition) is 1. The van der Waals surface area contributed by atoms with E-state index in [1.165, 1.54) is 21.2 Å². The van der Waals surface area contributed by atoms with Crippen molar-refractivity contribution in [3.63, 3.8) is 0 Å². The number of nitrogens with zero attached hydrogens (tertiary/aromatic N) is 3. The highest BCUT2D eigenvalue weighted by atomic mass is 35.5. The Kier molecular flexibility index (Phi) is 5.73. The Morgan fingerprint density at radius 1 is 1.19 bits per heavy atom. The molecule has 0 aliphatic rings.